The van der Waals surface area contributed by atoms with Crippen molar-refractivity contribution < 1.29 is 20.0 Å². The number of quaternary nitrogens is 1. The molecular formula is C24H25N4O3+. The molecule has 1 aromatic heterocycles. The topological polar surface area (TPSA) is 93.8 Å². The molecular weight excluding hydrogens is 392 g/mol. The lowest BCUT2D eigenvalue weighted by Gasteiger charge is -2.35. The van der Waals surface area contributed by atoms with Crippen molar-refractivity contribution in [2.24, 2.45) is 0 Å². The van der Waals surface area contributed by atoms with Gasteiger partial charge in [0, 0.05) is 24.3 Å². The number of benzene rings is 2. The van der Waals surface area contributed by atoms with Crippen LogP contribution in [-0.2, 0) is 11.2 Å². The summed E-state index contributed by atoms with van der Waals surface area (Å²) < 4.78 is 6.93. The van der Waals surface area contributed by atoms with Crippen molar-refractivity contribution in [2.75, 3.05) is 13.7 Å². The molecule has 0 unspecified atom stereocenters. The fraction of sp³-hybridized carbons (Fsp3) is 0.292. The Morgan fingerprint density at radius 3 is 2.71 bits per heavy atom. The summed E-state index contributed by atoms with van der Waals surface area (Å²) in [6.07, 6.45) is 4.30. The van der Waals surface area contributed by atoms with Gasteiger partial charge in [-0.05, 0) is 23.3 Å². The molecule has 3 N–H and O–H groups in total. The largest absolute Gasteiger partial charge is 0.509 e. The molecule has 0 saturated carbocycles. The SMILES string of the molecule is COc1ccc([C@@H]2CC(=O)C([C@H]3[NH2+]CCc4ccccc43)=C(O)[C@H]2n2cncn2)cc1. The summed E-state index contributed by atoms with van der Waals surface area (Å²) in [5.74, 6) is 0.563. The number of nitrogens with zero attached hydrogens (tertiary/aromatic N) is 3. The average Bonchev–Trinajstić information content (AvgIpc) is 3.33. The summed E-state index contributed by atoms with van der Waals surface area (Å²) in [5.41, 5.74) is 3.77. The maximum absolute atomic E-state index is 13.4. The van der Waals surface area contributed by atoms with Crippen LogP contribution >= 0.6 is 0 Å². The molecule has 2 heterocycles. The Hall–Kier alpha value is -3.45. The van der Waals surface area contributed by atoms with Crippen LogP contribution in [0.3, 0.4) is 0 Å². The van der Waals surface area contributed by atoms with Gasteiger partial charge in [-0.15, -0.1) is 0 Å². The molecule has 1 aliphatic heterocycles. The quantitative estimate of drug-likeness (QED) is 0.679. The van der Waals surface area contributed by atoms with Crippen LogP contribution in [0.25, 0.3) is 0 Å². The Morgan fingerprint density at radius 2 is 1.97 bits per heavy atom. The van der Waals surface area contributed by atoms with Crippen LogP contribution in [-0.4, -0.2) is 39.3 Å². The van der Waals surface area contributed by atoms with E-state index >= 15 is 0 Å². The number of fused-ring (bicyclic) bond motifs is 1. The monoisotopic (exact) mass is 417 g/mol. The summed E-state index contributed by atoms with van der Waals surface area (Å²) in [6, 6.07) is 15.1. The molecule has 3 aromatic rings. The number of ketones is 1. The zero-order valence-corrected chi connectivity index (χ0v) is 17.3. The molecule has 158 valence electrons. The summed E-state index contributed by atoms with van der Waals surface area (Å²) in [7, 11) is 1.62. The molecule has 7 heteroatoms. The van der Waals surface area contributed by atoms with E-state index in [1.54, 1.807) is 18.1 Å². The number of Topliss-reactive ketones (excluding diaryl/α,β-unsaturated/α-hetero) is 1. The Labute approximate surface area is 180 Å². The molecule has 0 saturated heterocycles. The number of hydrogen-bond donors (Lipinski definition) is 2. The summed E-state index contributed by atoms with van der Waals surface area (Å²) in [6.45, 7) is 0.877. The van der Waals surface area contributed by atoms with Gasteiger partial charge >= 0.3 is 0 Å². The number of aliphatic hydroxyl groups excluding tert-OH is 1. The van der Waals surface area contributed by atoms with Crippen LogP contribution < -0.4 is 10.1 Å². The van der Waals surface area contributed by atoms with E-state index in [-0.39, 0.29) is 23.5 Å². The molecule has 5 rings (SSSR count). The first-order valence-corrected chi connectivity index (χ1v) is 10.5. The molecule has 3 atom stereocenters. The number of nitrogens with two attached hydrogens (primary N) is 1. The maximum Gasteiger partial charge on any atom is 0.169 e. The number of carbonyl (C=O) groups is 1. The minimum absolute atomic E-state index is 0.0207. The second kappa shape index (κ2) is 8.00. The minimum atomic E-state index is -0.494. The molecule has 0 radical (unpaired) electrons. The van der Waals surface area contributed by atoms with E-state index in [1.165, 1.54) is 11.9 Å². The fourth-order valence-electron chi connectivity index (χ4n) is 4.94. The van der Waals surface area contributed by atoms with Gasteiger partial charge < -0.3 is 15.2 Å². The van der Waals surface area contributed by atoms with Crippen molar-refractivity contribution in [3.63, 3.8) is 0 Å². The Balaban J connectivity index is 1.62. The summed E-state index contributed by atoms with van der Waals surface area (Å²) >= 11 is 0. The predicted molar refractivity (Wildman–Crippen MR) is 114 cm³/mol. The van der Waals surface area contributed by atoms with Crippen LogP contribution in [0.4, 0.5) is 0 Å². The number of carbonyl (C=O) groups excluding carboxylic acids is 1. The molecule has 0 bridgehead atoms. The van der Waals surface area contributed by atoms with Crippen molar-refractivity contribution in [1.82, 2.24) is 14.8 Å². The third-order valence-corrected chi connectivity index (χ3v) is 6.43. The van der Waals surface area contributed by atoms with Crippen molar-refractivity contribution in [1.29, 1.82) is 0 Å². The summed E-state index contributed by atoms with van der Waals surface area (Å²) in [4.78, 5) is 17.5. The van der Waals surface area contributed by atoms with E-state index in [0.29, 0.717) is 12.0 Å². The van der Waals surface area contributed by atoms with Gasteiger partial charge in [-0.3, -0.25) is 4.79 Å². The van der Waals surface area contributed by atoms with Gasteiger partial charge in [-0.1, -0.05) is 36.4 Å². The number of ether oxygens (including phenoxy) is 1. The first kappa shape index (κ1) is 19.5. The van der Waals surface area contributed by atoms with Crippen molar-refractivity contribution in [3.8, 4) is 5.75 Å². The molecule has 1 aliphatic carbocycles. The Kier molecular flexibility index (Phi) is 5.03. The zero-order chi connectivity index (χ0) is 21.4. The van der Waals surface area contributed by atoms with Gasteiger partial charge in [0.25, 0.3) is 0 Å². The lowest BCUT2D eigenvalue weighted by Crippen LogP contribution is -2.88. The minimum Gasteiger partial charge on any atom is -0.509 e. The lowest BCUT2D eigenvalue weighted by molar-refractivity contribution is -0.690. The van der Waals surface area contributed by atoms with E-state index in [1.807, 2.05) is 36.4 Å². The van der Waals surface area contributed by atoms with E-state index < -0.39 is 6.04 Å². The Morgan fingerprint density at radius 1 is 1.16 bits per heavy atom. The van der Waals surface area contributed by atoms with Gasteiger partial charge in [-0.25, -0.2) is 9.67 Å². The third-order valence-electron chi connectivity index (χ3n) is 6.43. The number of hydrogen-bond acceptors (Lipinski definition) is 5. The highest BCUT2D eigenvalue weighted by molar-refractivity contribution is 5.98. The lowest BCUT2D eigenvalue weighted by atomic mass is 9.75. The predicted octanol–water partition coefficient (Wildman–Crippen LogP) is 2.26. The van der Waals surface area contributed by atoms with Gasteiger partial charge in [0.2, 0.25) is 0 Å². The van der Waals surface area contributed by atoms with Crippen molar-refractivity contribution in [2.45, 2.75) is 30.8 Å². The average molecular weight is 417 g/mol. The van der Waals surface area contributed by atoms with E-state index in [9.17, 15) is 9.90 Å². The highest BCUT2D eigenvalue weighted by Gasteiger charge is 2.44. The molecule has 0 spiro atoms. The van der Waals surface area contributed by atoms with Gasteiger partial charge in [0.05, 0.1) is 19.2 Å². The molecule has 0 amide bonds. The highest BCUT2D eigenvalue weighted by atomic mass is 16.5. The highest BCUT2D eigenvalue weighted by Crippen LogP contribution is 2.44. The summed E-state index contributed by atoms with van der Waals surface area (Å²) in [5, 5.41) is 18.0. The van der Waals surface area contributed by atoms with E-state index in [4.69, 9.17) is 4.74 Å². The number of aromatic nitrogens is 3. The number of methoxy groups -OCH3 is 1. The number of rotatable bonds is 4. The van der Waals surface area contributed by atoms with Crippen LogP contribution in [0.1, 0.15) is 41.1 Å². The fourth-order valence-corrected chi connectivity index (χ4v) is 4.94. The zero-order valence-electron chi connectivity index (χ0n) is 17.3. The Bertz CT molecular complexity index is 1120. The van der Waals surface area contributed by atoms with Crippen molar-refractivity contribution in [3.05, 3.63) is 89.2 Å². The molecule has 2 aromatic carbocycles. The maximum atomic E-state index is 13.4. The van der Waals surface area contributed by atoms with Gasteiger partial charge in [0.15, 0.2) is 5.78 Å². The van der Waals surface area contributed by atoms with Crippen LogP contribution in [0.15, 0.2) is 72.5 Å². The smallest absolute Gasteiger partial charge is 0.169 e. The molecule has 7 nitrogen and oxygen atoms in total. The second-order valence-corrected chi connectivity index (χ2v) is 8.08. The molecule has 31 heavy (non-hydrogen) atoms. The normalized spacial score (nSPS) is 23.5. The second-order valence-electron chi connectivity index (χ2n) is 8.08. The van der Waals surface area contributed by atoms with Gasteiger partial charge in [-0.2, -0.15) is 5.10 Å². The molecule has 2 aliphatic rings. The van der Waals surface area contributed by atoms with Crippen LogP contribution in [0.2, 0.25) is 0 Å². The first-order valence-electron chi connectivity index (χ1n) is 10.5. The third kappa shape index (κ3) is 3.41. The van der Waals surface area contributed by atoms with Crippen molar-refractivity contribution >= 4 is 5.78 Å². The first-order chi connectivity index (χ1) is 15.2. The van der Waals surface area contributed by atoms with E-state index in [2.05, 4.69) is 27.5 Å². The van der Waals surface area contributed by atoms with Crippen LogP contribution in [0, 0.1) is 0 Å². The van der Waals surface area contributed by atoms with E-state index in [0.717, 1.165) is 29.8 Å². The number of allylic oxidation sites excluding steroid dienone is 1. The number of aliphatic hydroxyl groups is 1. The van der Waals surface area contributed by atoms with Crippen LogP contribution in [0.5, 0.6) is 5.75 Å². The molecule has 0 fully saturated rings. The standard InChI is InChI=1S/C24H24N4O3/c1-31-17-8-6-16(7-9-17)19-12-20(29)21(24(30)23(19)28-14-25-13-27-28)22-18-5-3-2-4-15(18)10-11-26-22/h2-9,13-14,19,22-23,26,30H,10-12H2,1H3/p+1/t19-,22-,23-/m0/s1. The van der Waals surface area contributed by atoms with Gasteiger partial charge in [0.1, 0.15) is 36.2 Å².